The van der Waals surface area contributed by atoms with Gasteiger partial charge in [0.2, 0.25) is 0 Å². The van der Waals surface area contributed by atoms with Crippen LogP contribution in [0.25, 0.3) is 10.2 Å². The number of carbonyl (C=O) groups is 2. The molecule has 4 rings (SSSR count). The third kappa shape index (κ3) is 5.59. The molecule has 1 amide bonds. The first-order valence-corrected chi connectivity index (χ1v) is 12.2. The Kier molecular flexibility index (Phi) is 7.84. The van der Waals surface area contributed by atoms with E-state index in [9.17, 15) is 9.59 Å². The van der Waals surface area contributed by atoms with E-state index in [4.69, 9.17) is 18.9 Å². The van der Waals surface area contributed by atoms with E-state index in [0.717, 1.165) is 29.5 Å². The topological polar surface area (TPSA) is 88.4 Å². The Morgan fingerprint density at radius 1 is 1.12 bits per heavy atom. The van der Waals surface area contributed by atoms with Crippen LogP contribution in [-0.4, -0.2) is 43.4 Å². The van der Waals surface area contributed by atoms with Crippen LogP contribution in [0.4, 0.5) is 0 Å². The van der Waals surface area contributed by atoms with Crippen LogP contribution in [0.15, 0.2) is 41.4 Å². The van der Waals surface area contributed by atoms with Gasteiger partial charge in [-0.2, -0.15) is 4.99 Å². The van der Waals surface area contributed by atoms with Gasteiger partial charge in [0.1, 0.15) is 19.0 Å². The summed E-state index contributed by atoms with van der Waals surface area (Å²) in [4.78, 5) is 29.7. The molecule has 34 heavy (non-hydrogen) atoms. The van der Waals surface area contributed by atoms with Crippen LogP contribution < -0.4 is 19.0 Å². The van der Waals surface area contributed by atoms with Gasteiger partial charge in [0, 0.05) is 24.2 Å². The standard InChI is InChI=1S/C25H28N2O6S/c1-3-4-5-11-31-18-8-6-7-17(14-18)24(29)26-25-27(10-9-23(28)30-2)19-15-20-21(16-22(19)34-25)33-13-12-32-20/h6-8,14-16H,3-5,9-13H2,1-2H3. The molecule has 3 aromatic rings. The van der Waals surface area contributed by atoms with E-state index in [2.05, 4.69) is 11.9 Å². The van der Waals surface area contributed by atoms with Crippen molar-refractivity contribution in [2.45, 2.75) is 39.2 Å². The van der Waals surface area contributed by atoms with E-state index in [1.807, 2.05) is 22.8 Å². The zero-order chi connectivity index (χ0) is 23.9. The summed E-state index contributed by atoms with van der Waals surface area (Å²) in [6.07, 6.45) is 3.34. The van der Waals surface area contributed by atoms with Crippen LogP contribution in [0.5, 0.6) is 17.2 Å². The SMILES string of the molecule is CCCCCOc1cccc(C(=O)N=c2sc3cc4c(cc3n2CCC(=O)OC)OCCO4)c1. The highest BCUT2D eigenvalue weighted by Gasteiger charge is 2.18. The highest BCUT2D eigenvalue weighted by atomic mass is 32.1. The van der Waals surface area contributed by atoms with Crippen molar-refractivity contribution in [2.75, 3.05) is 26.9 Å². The minimum absolute atomic E-state index is 0.152. The van der Waals surface area contributed by atoms with Crippen molar-refractivity contribution < 1.29 is 28.5 Å². The van der Waals surface area contributed by atoms with E-state index >= 15 is 0 Å². The first-order valence-electron chi connectivity index (χ1n) is 11.4. The second-order valence-corrected chi connectivity index (χ2v) is 8.84. The van der Waals surface area contributed by atoms with Crippen LogP contribution in [0.1, 0.15) is 43.0 Å². The first-order chi connectivity index (χ1) is 16.6. The second-order valence-electron chi connectivity index (χ2n) is 7.83. The highest BCUT2D eigenvalue weighted by Crippen LogP contribution is 2.35. The number of fused-ring (bicyclic) bond motifs is 2. The maximum atomic E-state index is 13.1. The normalized spacial score (nSPS) is 13.2. The molecular weight excluding hydrogens is 456 g/mol. The van der Waals surface area contributed by atoms with Crippen LogP contribution >= 0.6 is 11.3 Å². The van der Waals surface area contributed by atoms with Crippen LogP contribution in [0.3, 0.4) is 0 Å². The fraction of sp³-hybridized carbons (Fsp3) is 0.400. The van der Waals surface area contributed by atoms with E-state index in [-0.39, 0.29) is 18.3 Å². The molecule has 2 heterocycles. The lowest BCUT2D eigenvalue weighted by molar-refractivity contribution is -0.140. The van der Waals surface area contributed by atoms with Crippen molar-refractivity contribution >= 4 is 33.4 Å². The van der Waals surface area contributed by atoms with Crippen LogP contribution in [0, 0.1) is 0 Å². The van der Waals surface area contributed by atoms with Crippen molar-refractivity contribution in [2.24, 2.45) is 4.99 Å². The molecule has 0 bridgehead atoms. The van der Waals surface area contributed by atoms with Crippen molar-refractivity contribution in [3.63, 3.8) is 0 Å². The monoisotopic (exact) mass is 484 g/mol. The summed E-state index contributed by atoms with van der Waals surface area (Å²) >= 11 is 1.36. The summed E-state index contributed by atoms with van der Waals surface area (Å²) in [5.74, 6) is 1.22. The van der Waals surface area contributed by atoms with Gasteiger partial charge in [-0.05, 0) is 24.6 Å². The van der Waals surface area contributed by atoms with Gasteiger partial charge in [0.15, 0.2) is 16.3 Å². The molecule has 0 aliphatic carbocycles. The van der Waals surface area contributed by atoms with Crippen LogP contribution in [-0.2, 0) is 16.1 Å². The molecule has 9 heteroatoms. The fourth-order valence-electron chi connectivity index (χ4n) is 3.63. The minimum Gasteiger partial charge on any atom is -0.494 e. The molecule has 1 aliphatic rings. The molecule has 0 fully saturated rings. The third-order valence-electron chi connectivity index (χ3n) is 5.41. The summed E-state index contributed by atoms with van der Waals surface area (Å²) < 4.78 is 24.7. The van der Waals surface area contributed by atoms with Gasteiger partial charge in [-0.1, -0.05) is 37.2 Å². The lowest BCUT2D eigenvalue weighted by Crippen LogP contribution is -2.19. The Balaban J connectivity index is 1.67. The van der Waals surface area contributed by atoms with Gasteiger partial charge in [-0.3, -0.25) is 9.59 Å². The molecule has 0 N–H and O–H groups in total. The molecule has 0 saturated carbocycles. The number of nitrogens with zero attached hydrogens (tertiary/aromatic N) is 2. The van der Waals surface area contributed by atoms with Gasteiger partial charge in [-0.15, -0.1) is 0 Å². The van der Waals surface area contributed by atoms with E-state index < -0.39 is 0 Å². The largest absolute Gasteiger partial charge is 0.494 e. The molecule has 1 aromatic heterocycles. The number of aromatic nitrogens is 1. The minimum atomic E-state index is -0.380. The number of carbonyl (C=O) groups excluding carboxylic acids is 2. The zero-order valence-electron chi connectivity index (χ0n) is 19.4. The first kappa shape index (κ1) is 23.8. The predicted molar refractivity (Wildman–Crippen MR) is 129 cm³/mol. The number of hydrogen-bond donors (Lipinski definition) is 0. The molecular formula is C25H28N2O6S. The molecule has 1 aliphatic heterocycles. The molecule has 0 spiro atoms. The number of methoxy groups -OCH3 is 1. The smallest absolute Gasteiger partial charge is 0.307 e. The van der Waals surface area contributed by atoms with Gasteiger partial charge in [-0.25, -0.2) is 0 Å². The number of hydrogen-bond acceptors (Lipinski definition) is 7. The lowest BCUT2D eigenvalue weighted by Gasteiger charge is -2.18. The maximum absolute atomic E-state index is 13.1. The molecule has 0 saturated heterocycles. The molecule has 0 atom stereocenters. The maximum Gasteiger partial charge on any atom is 0.307 e. The summed E-state index contributed by atoms with van der Waals surface area (Å²) in [5.41, 5.74) is 1.26. The number of esters is 1. The highest BCUT2D eigenvalue weighted by molar-refractivity contribution is 7.16. The van der Waals surface area contributed by atoms with Gasteiger partial charge < -0.3 is 23.5 Å². The Morgan fingerprint density at radius 3 is 2.68 bits per heavy atom. The molecule has 2 aromatic carbocycles. The fourth-order valence-corrected chi connectivity index (χ4v) is 4.69. The number of rotatable bonds is 9. The summed E-state index contributed by atoms with van der Waals surface area (Å²) in [6, 6.07) is 10.8. The molecule has 0 radical (unpaired) electrons. The van der Waals surface area contributed by atoms with Crippen molar-refractivity contribution in [1.82, 2.24) is 4.57 Å². The quantitative estimate of drug-likeness (QED) is 0.332. The van der Waals surface area contributed by atoms with E-state index in [1.54, 1.807) is 18.2 Å². The third-order valence-corrected chi connectivity index (χ3v) is 6.45. The van der Waals surface area contributed by atoms with Crippen molar-refractivity contribution in [3.05, 3.63) is 46.8 Å². The summed E-state index contributed by atoms with van der Waals surface area (Å²) in [5, 5.41) is 0. The number of ether oxygens (including phenoxy) is 4. The molecule has 180 valence electrons. The van der Waals surface area contributed by atoms with Gasteiger partial charge in [0.25, 0.3) is 5.91 Å². The van der Waals surface area contributed by atoms with Gasteiger partial charge >= 0.3 is 5.97 Å². The summed E-state index contributed by atoms with van der Waals surface area (Å²) in [6.45, 7) is 4.03. The Bertz CT molecular complexity index is 1250. The lowest BCUT2D eigenvalue weighted by atomic mass is 10.2. The predicted octanol–water partition coefficient (Wildman–Crippen LogP) is 4.35. The van der Waals surface area contributed by atoms with Gasteiger partial charge in [0.05, 0.1) is 30.4 Å². The summed E-state index contributed by atoms with van der Waals surface area (Å²) in [7, 11) is 1.35. The Labute approximate surface area is 201 Å². The number of unbranched alkanes of at least 4 members (excludes halogenated alkanes) is 2. The number of amides is 1. The zero-order valence-corrected chi connectivity index (χ0v) is 20.2. The number of benzene rings is 2. The van der Waals surface area contributed by atoms with E-state index in [0.29, 0.717) is 54.0 Å². The Morgan fingerprint density at radius 2 is 1.91 bits per heavy atom. The number of aryl methyl sites for hydroxylation is 1. The Hall–Kier alpha value is -3.33. The van der Waals surface area contributed by atoms with E-state index in [1.165, 1.54) is 18.4 Å². The second kappa shape index (κ2) is 11.2. The van der Waals surface area contributed by atoms with Crippen molar-refractivity contribution in [1.29, 1.82) is 0 Å². The van der Waals surface area contributed by atoms with Crippen molar-refractivity contribution in [3.8, 4) is 17.2 Å². The van der Waals surface area contributed by atoms with Crippen LogP contribution in [0.2, 0.25) is 0 Å². The molecule has 0 unspecified atom stereocenters. The average Bonchev–Trinajstić information content (AvgIpc) is 3.19. The average molecular weight is 485 g/mol. The molecule has 8 nitrogen and oxygen atoms in total. The number of thiazole rings is 1.